The highest BCUT2D eigenvalue weighted by molar-refractivity contribution is 5.86. The van der Waals surface area contributed by atoms with Crippen LogP contribution in [0.3, 0.4) is 0 Å². The lowest BCUT2D eigenvalue weighted by Crippen LogP contribution is -2.47. The summed E-state index contributed by atoms with van der Waals surface area (Å²) in [5.41, 5.74) is 5.55. The molecular formula is C9H18N2O4. The van der Waals surface area contributed by atoms with Gasteiger partial charge in [-0.25, -0.2) is 0 Å². The molecule has 88 valence electrons. The molecule has 0 fully saturated rings. The number of nitrogens with two attached hydrogens (primary N) is 1. The summed E-state index contributed by atoms with van der Waals surface area (Å²) >= 11 is 0. The van der Waals surface area contributed by atoms with Gasteiger partial charge in [-0.3, -0.25) is 9.59 Å². The molecule has 0 spiro atoms. The minimum atomic E-state index is -1.08. The van der Waals surface area contributed by atoms with Gasteiger partial charge in [0, 0.05) is 13.7 Å². The van der Waals surface area contributed by atoms with E-state index in [2.05, 4.69) is 5.32 Å². The Morgan fingerprint density at radius 2 is 2.13 bits per heavy atom. The number of methoxy groups -OCH3 is 1. The lowest BCUT2D eigenvalue weighted by molar-refractivity contribution is -0.141. The second-order valence-electron chi connectivity index (χ2n) is 3.31. The number of carboxylic acid groups (broad SMARTS) is 1. The van der Waals surface area contributed by atoms with Gasteiger partial charge in [-0.05, 0) is 19.8 Å². The van der Waals surface area contributed by atoms with E-state index in [0.29, 0.717) is 19.4 Å². The molecule has 0 aromatic rings. The summed E-state index contributed by atoms with van der Waals surface area (Å²) < 4.78 is 4.81. The van der Waals surface area contributed by atoms with Crippen LogP contribution in [0.15, 0.2) is 0 Å². The van der Waals surface area contributed by atoms with Crippen LogP contribution in [0, 0.1) is 0 Å². The third-order valence-corrected chi connectivity index (χ3v) is 1.93. The largest absolute Gasteiger partial charge is 0.480 e. The highest BCUT2D eigenvalue weighted by Crippen LogP contribution is 1.95. The molecule has 0 rings (SSSR count). The van der Waals surface area contributed by atoms with Crippen LogP contribution >= 0.6 is 0 Å². The van der Waals surface area contributed by atoms with E-state index >= 15 is 0 Å². The molecule has 6 heteroatoms. The number of carbonyl (C=O) groups excluding carboxylic acids is 1. The van der Waals surface area contributed by atoms with Gasteiger partial charge in [0.05, 0.1) is 6.04 Å². The maximum Gasteiger partial charge on any atom is 0.325 e. The number of carbonyl (C=O) groups is 2. The lowest BCUT2D eigenvalue weighted by atomic mass is 10.1. The number of carboxylic acids is 1. The molecule has 0 aliphatic heterocycles. The van der Waals surface area contributed by atoms with Crippen molar-refractivity contribution in [3.05, 3.63) is 0 Å². The van der Waals surface area contributed by atoms with E-state index in [1.165, 1.54) is 6.92 Å². The zero-order valence-electron chi connectivity index (χ0n) is 9.03. The zero-order valence-corrected chi connectivity index (χ0v) is 9.03. The van der Waals surface area contributed by atoms with Crippen molar-refractivity contribution in [1.82, 2.24) is 5.32 Å². The first-order chi connectivity index (χ1) is 6.99. The molecular weight excluding hydrogens is 200 g/mol. The molecule has 6 nitrogen and oxygen atoms in total. The number of amides is 1. The van der Waals surface area contributed by atoms with E-state index in [9.17, 15) is 9.59 Å². The molecule has 2 atom stereocenters. The molecule has 0 bridgehead atoms. The average molecular weight is 218 g/mol. The quantitative estimate of drug-likeness (QED) is 0.492. The molecule has 15 heavy (non-hydrogen) atoms. The minimum Gasteiger partial charge on any atom is -0.480 e. The first-order valence-electron chi connectivity index (χ1n) is 4.76. The van der Waals surface area contributed by atoms with E-state index in [1.54, 1.807) is 7.11 Å². The van der Waals surface area contributed by atoms with E-state index in [4.69, 9.17) is 15.6 Å². The van der Waals surface area contributed by atoms with Crippen LogP contribution in [-0.4, -0.2) is 42.8 Å². The summed E-state index contributed by atoms with van der Waals surface area (Å²) in [5, 5.41) is 10.9. The molecule has 0 aliphatic carbocycles. The van der Waals surface area contributed by atoms with Crippen molar-refractivity contribution in [1.29, 1.82) is 0 Å². The fraction of sp³-hybridized carbons (Fsp3) is 0.778. The molecule has 0 aromatic heterocycles. The van der Waals surface area contributed by atoms with Crippen LogP contribution in [0.2, 0.25) is 0 Å². The Hall–Kier alpha value is -1.14. The molecule has 1 unspecified atom stereocenters. The summed E-state index contributed by atoms with van der Waals surface area (Å²) in [6.45, 7) is 1.93. The van der Waals surface area contributed by atoms with E-state index in [1.807, 2.05) is 0 Å². The van der Waals surface area contributed by atoms with Gasteiger partial charge in [-0.2, -0.15) is 0 Å². The second-order valence-corrected chi connectivity index (χ2v) is 3.31. The van der Waals surface area contributed by atoms with Crippen LogP contribution < -0.4 is 11.1 Å². The maximum atomic E-state index is 11.3. The Bertz CT molecular complexity index is 220. The summed E-state index contributed by atoms with van der Waals surface area (Å²) in [4.78, 5) is 21.8. The first kappa shape index (κ1) is 13.9. The number of ether oxygens (including phenoxy) is 1. The zero-order chi connectivity index (χ0) is 11.8. The van der Waals surface area contributed by atoms with E-state index in [0.717, 1.165) is 0 Å². The monoisotopic (exact) mass is 218 g/mol. The number of nitrogens with one attached hydrogen (secondary N) is 1. The highest BCUT2D eigenvalue weighted by Gasteiger charge is 2.18. The van der Waals surface area contributed by atoms with Gasteiger partial charge < -0.3 is 20.9 Å². The Labute approximate surface area is 88.8 Å². The van der Waals surface area contributed by atoms with Crippen LogP contribution in [0.5, 0.6) is 0 Å². The van der Waals surface area contributed by atoms with E-state index in [-0.39, 0.29) is 0 Å². The Morgan fingerprint density at radius 3 is 2.60 bits per heavy atom. The minimum absolute atomic E-state index is 0.444. The molecule has 0 aromatic carbocycles. The van der Waals surface area contributed by atoms with Crippen molar-refractivity contribution >= 4 is 11.9 Å². The van der Waals surface area contributed by atoms with E-state index < -0.39 is 24.0 Å². The van der Waals surface area contributed by atoms with Crippen molar-refractivity contribution in [2.75, 3.05) is 13.7 Å². The van der Waals surface area contributed by atoms with Crippen molar-refractivity contribution in [3.8, 4) is 0 Å². The van der Waals surface area contributed by atoms with Gasteiger partial charge in [-0.15, -0.1) is 0 Å². The third-order valence-electron chi connectivity index (χ3n) is 1.93. The van der Waals surface area contributed by atoms with Crippen molar-refractivity contribution < 1.29 is 19.4 Å². The maximum absolute atomic E-state index is 11.3. The number of hydrogen-bond acceptors (Lipinski definition) is 4. The molecule has 0 saturated carbocycles. The Morgan fingerprint density at radius 1 is 1.53 bits per heavy atom. The van der Waals surface area contributed by atoms with Gasteiger partial charge in [0.25, 0.3) is 0 Å². The lowest BCUT2D eigenvalue weighted by Gasteiger charge is -2.14. The highest BCUT2D eigenvalue weighted by atomic mass is 16.5. The van der Waals surface area contributed by atoms with Crippen LogP contribution in [0.25, 0.3) is 0 Å². The van der Waals surface area contributed by atoms with Gasteiger partial charge in [0.2, 0.25) is 5.91 Å². The molecule has 1 amide bonds. The second kappa shape index (κ2) is 7.19. The summed E-state index contributed by atoms with van der Waals surface area (Å²) in [6.07, 6.45) is 1.15. The van der Waals surface area contributed by atoms with Gasteiger partial charge in [0.15, 0.2) is 0 Å². The number of hydrogen-bond donors (Lipinski definition) is 3. The number of rotatable bonds is 7. The van der Waals surface area contributed by atoms with Gasteiger partial charge in [0.1, 0.15) is 6.04 Å². The van der Waals surface area contributed by atoms with Crippen LogP contribution in [0.4, 0.5) is 0 Å². The Kier molecular flexibility index (Phi) is 6.64. The summed E-state index contributed by atoms with van der Waals surface area (Å²) in [5.74, 6) is -1.52. The number of aliphatic carboxylic acids is 1. The van der Waals surface area contributed by atoms with Gasteiger partial charge >= 0.3 is 5.97 Å². The normalized spacial score (nSPS) is 14.3. The van der Waals surface area contributed by atoms with Crippen molar-refractivity contribution in [2.24, 2.45) is 5.73 Å². The Balaban J connectivity index is 3.83. The van der Waals surface area contributed by atoms with Gasteiger partial charge in [-0.1, -0.05) is 0 Å². The smallest absolute Gasteiger partial charge is 0.325 e. The molecule has 0 radical (unpaired) electrons. The third kappa shape index (κ3) is 6.03. The first-order valence-corrected chi connectivity index (χ1v) is 4.76. The standard InChI is InChI=1S/C9H18N2O4/c1-6(9(13)14)11-8(12)7(10)4-3-5-15-2/h6-7H,3-5,10H2,1-2H3,(H,11,12)(H,13,14)/t6-,7?/m0/s1. The van der Waals surface area contributed by atoms with Crippen molar-refractivity contribution in [3.63, 3.8) is 0 Å². The van der Waals surface area contributed by atoms with Crippen LogP contribution in [0.1, 0.15) is 19.8 Å². The summed E-state index contributed by atoms with van der Waals surface area (Å²) in [6, 6.07) is -1.59. The van der Waals surface area contributed by atoms with Crippen LogP contribution in [-0.2, 0) is 14.3 Å². The predicted molar refractivity (Wildman–Crippen MR) is 54.3 cm³/mol. The average Bonchev–Trinajstić information content (AvgIpc) is 2.17. The molecule has 0 aliphatic rings. The fourth-order valence-electron chi connectivity index (χ4n) is 0.961. The topological polar surface area (TPSA) is 102 Å². The predicted octanol–water partition coefficient (Wildman–Crippen LogP) is -0.670. The molecule has 0 heterocycles. The summed E-state index contributed by atoms with van der Waals surface area (Å²) in [7, 11) is 1.57. The fourth-order valence-corrected chi connectivity index (χ4v) is 0.961. The molecule has 4 N–H and O–H groups in total. The SMILES string of the molecule is COCCCC(N)C(=O)N[C@@H](C)C(=O)O. The molecule has 0 saturated heterocycles. The van der Waals surface area contributed by atoms with Crippen molar-refractivity contribution in [2.45, 2.75) is 31.8 Å².